The topological polar surface area (TPSA) is 78.9 Å². The Hall–Kier alpha value is -2.29. The molecule has 0 aliphatic rings. The number of nitrogens with zero attached hydrogens (tertiary/aromatic N) is 1. The van der Waals surface area contributed by atoms with Crippen LogP contribution in [0.3, 0.4) is 0 Å². The molecule has 0 aromatic heterocycles. The van der Waals surface area contributed by atoms with E-state index in [9.17, 15) is 22.8 Å². The van der Waals surface area contributed by atoms with E-state index in [0.717, 1.165) is 12.1 Å². The number of carboxylic acid groups (broad SMARTS) is 1. The molecule has 0 bridgehead atoms. The highest BCUT2D eigenvalue weighted by Crippen LogP contribution is 2.24. The van der Waals surface area contributed by atoms with Gasteiger partial charge in [-0.05, 0) is 38.2 Å². The lowest BCUT2D eigenvalue weighted by atomic mass is 10.1. The molecule has 6 nitrogen and oxygen atoms in total. The largest absolute Gasteiger partial charge is 0.573 e. The van der Waals surface area contributed by atoms with Gasteiger partial charge in [0.25, 0.3) is 0 Å². The van der Waals surface area contributed by atoms with E-state index in [1.54, 1.807) is 18.9 Å². The number of alkyl halides is 3. The Balaban J connectivity index is 2.62. The Kier molecular flexibility index (Phi) is 6.59. The fourth-order valence-corrected chi connectivity index (χ4v) is 1.85. The SMILES string of the molecule is CC(CN(C)C(C)C(=O)Nc1ccc(OC(F)(F)F)cc1)C(=O)O. The van der Waals surface area contributed by atoms with E-state index >= 15 is 0 Å². The molecule has 24 heavy (non-hydrogen) atoms. The van der Waals surface area contributed by atoms with Gasteiger partial charge in [-0.1, -0.05) is 6.92 Å². The van der Waals surface area contributed by atoms with Gasteiger partial charge in [0.2, 0.25) is 5.91 Å². The minimum atomic E-state index is -4.77. The molecule has 1 aromatic carbocycles. The van der Waals surface area contributed by atoms with Crippen molar-refractivity contribution in [3.63, 3.8) is 0 Å². The summed E-state index contributed by atoms with van der Waals surface area (Å²) in [6.45, 7) is 3.32. The van der Waals surface area contributed by atoms with E-state index in [0.29, 0.717) is 5.69 Å². The van der Waals surface area contributed by atoms with Crippen molar-refractivity contribution in [1.29, 1.82) is 0 Å². The molecule has 1 rings (SSSR count). The average Bonchev–Trinajstić information content (AvgIpc) is 2.46. The van der Waals surface area contributed by atoms with E-state index < -0.39 is 30.2 Å². The molecule has 0 radical (unpaired) electrons. The van der Waals surface area contributed by atoms with E-state index in [2.05, 4.69) is 10.1 Å². The lowest BCUT2D eigenvalue weighted by Crippen LogP contribution is -2.42. The van der Waals surface area contributed by atoms with Gasteiger partial charge in [0.05, 0.1) is 12.0 Å². The molecule has 1 amide bonds. The van der Waals surface area contributed by atoms with E-state index in [4.69, 9.17) is 5.11 Å². The Morgan fingerprint density at radius 3 is 2.25 bits per heavy atom. The van der Waals surface area contributed by atoms with Crippen LogP contribution in [0.4, 0.5) is 18.9 Å². The third-order valence-corrected chi connectivity index (χ3v) is 3.38. The van der Waals surface area contributed by atoms with Crippen molar-refractivity contribution in [1.82, 2.24) is 4.90 Å². The Bertz CT molecular complexity index is 575. The fourth-order valence-electron chi connectivity index (χ4n) is 1.85. The number of anilines is 1. The summed E-state index contributed by atoms with van der Waals surface area (Å²) in [6.07, 6.45) is -4.77. The van der Waals surface area contributed by atoms with Gasteiger partial charge in [-0.15, -0.1) is 13.2 Å². The highest BCUT2D eigenvalue weighted by Gasteiger charge is 2.31. The molecule has 2 atom stereocenters. The van der Waals surface area contributed by atoms with Gasteiger partial charge in [-0.25, -0.2) is 0 Å². The smallest absolute Gasteiger partial charge is 0.481 e. The molecule has 0 saturated carbocycles. The number of hydrogen-bond donors (Lipinski definition) is 2. The molecule has 134 valence electrons. The van der Waals surface area contributed by atoms with Gasteiger partial charge < -0.3 is 15.2 Å². The first-order chi connectivity index (χ1) is 11.0. The van der Waals surface area contributed by atoms with E-state index in [-0.39, 0.29) is 12.3 Å². The van der Waals surface area contributed by atoms with Crippen LogP contribution in [0.1, 0.15) is 13.8 Å². The molecular formula is C15H19F3N2O4. The number of amides is 1. The molecule has 0 spiro atoms. The van der Waals surface area contributed by atoms with Crippen molar-refractivity contribution in [3.05, 3.63) is 24.3 Å². The van der Waals surface area contributed by atoms with Crippen molar-refractivity contribution < 1.29 is 32.6 Å². The van der Waals surface area contributed by atoms with Crippen LogP contribution in [0.15, 0.2) is 24.3 Å². The van der Waals surface area contributed by atoms with Crippen LogP contribution in [0, 0.1) is 5.92 Å². The first-order valence-electron chi connectivity index (χ1n) is 7.09. The van der Waals surface area contributed by atoms with Crippen molar-refractivity contribution in [2.45, 2.75) is 26.3 Å². The van der Waals surface area contributed by atoms with Gasteiger partial charge >= 0.3 is 12.3 Å². The van der Waals surface area contributed by atoms with E-state index in [1.165, 1.54) is 19.1 Å². The van der Waals surface area contributed by atoms with Crippen LogP contribution in [-0.4, -0.2) is 47.9 Å². The van der Waals surface area contributed by atoms with Crippen molar-refractivity contribution >= 4 is 17.6 Å². The second kappa shape index (κ2) is 8.00. The third-order valence-electron chi connectivity index (χ3n) is 3.38. The number of ether oxygens (including phenoxy) is 1. The standard InChI is InChI=1S/C15H19F3N2O4/c1-9(14(22)23)8-20(3)10(2)13(21)19-11-4-6-12(7-5-11)24-15(16,17)18/h4-7,9-10H,8H2,1-3H3,(H,19,21)(H,22,23). The maximum atomic E-state index is 12.1. The maximum Gasteiger partial charge on any atom is 0.573 e. The number of likely N-dealkylation sites (N-methyl/N-ethyl adjacent to an activating group) is 1. The minimum absolute atomic E-state index is 0.183. The third kappa shape index (κ3) is 6.45. The Morgan fingerprint density at radius 1 is 1.25 bits per heavy atom. The monoisotopic (exact) mass is 348 g/mol. The number of halogens is 3. The summed E-state index contributed by atoms with van der Waals surface area (Å²) >= 11 is 0. The zero-order chi connectivity index (χ0) is 18.5. The predicted molar refractivity (Wildman–Crippen MR) is 80.6 cm³/mol. The van der Waals surface area contributed by atoms with Gasteiger partial charge in [0.1, 0.15) is 5.75 Å². The van der Waals surface area contributed by atoms with Crippen LogP contribution >= 0.6 is 0 Å². The van der Waals surface area contributed by atoms with Gasteiger partial charge in [0, 0.05) is 12.2 Å². The number of carbonyl (C=O) groups excluding carboxylic acids is 1. The van der Waals surface area contributed by atoms with Crippen molar-refractivity contribution in [2.24, 2.45) is 5.92 Å². The highest BCUT2D eigenvalue weighted by molar-refractivity contribution is 5.94. The van der Waals surface area contributed by atoms with Gasteiger partial charge in [-0.3, -0.25) is 14.5 Å². The Morgan fingerprint density at radius 2 is 1.79 bits per heavy atom. The quantitative estimate of drug-likeness (QED) is 0.792. The van der Waals surface area contributed by atoms with Crippen LogP contribution in [0.25, 0.3) is 0 Å². The summed E-state index contributed by atoms with van der Waals surface area (Å²) in [4.78, 5) is 24.5. The van der Waals surface area contributed by atoms with Crippen LogP contribution in [0.5, 0.6) is 5.75 Å². The first kappa shape index (κ1) is 19.8. The average molecular weight is 348 g/mol. The summed E-state index contributed by atoms with van der Waals surface area (Å²) in [7, 11) is 1.62. The lowest BCUT2D eigenvalue weighted by Gasteiger charge is -2.25. The number of rotatable bonds is 7. The molecule has 0 aliphatic carbocycles. The first-order valence-corrected chi connectivity index (χ1v) is 7.09. The summed E-state index contributed by atoms with van der Waals surface area (Å²) in [5, 5.41) is 11.4. The molecule has 0 aliphatic heterocycles. The highest BCUT2D eigenvalue weighted by atomic mass is 19.4. The second-order valence-corrected chi connectivity index (χ2v) is 5.42. The normalized spacial score (nSPS) is 14.1. The molecular weight excluding hydrogens is 329 g/mol. The molecule has 2 unspecified atom stereocenters. The zero-order valence-electron chi connectivity index (χ0n) is 13.4. The van der Waals surface area contributed by atoms with Gasteiger partial charge in [-0.2, -0.15) is 0 Å². The number of hydrogen-bond acceptors (Lipinski definition) is 4. The van der Waals surface area contributed by atoms with Crippen molar-refractivity contribution in [2.75, 3.05) is 18.9 Å². The molecule has 0 saturated heterocycles. The molecule has 0 heterocycles. The molecule has 9 heteroatoms. The number of benzene rings is 1. The molecule has 2 N–H and O–H groups in total. The number of carbonyl (C=O) groups is 2. The second-order valence-electron chi connectivity index (χ2n) is 5.42. The number of nitrogens with one attached hydrogen (secondary N) is 1. The molecule has 1 aromatic rings. The maximum absolute atomic E-state index is 12.1. The Labute approximate surface area is 137 Å². The van der Waals surface area contributed by atoms with Crippen molar-refractivity contribution in [3.8, 4) is 5.75 Å². The fraction of sp³-hybridized carbons (Fsp3) is 0.467. The summed E-state index contributed by atoms with van der Waals surface area (Å²) in [5.41, 5.74) is 0.307. The number of carboxylic acids is 1. The van der Waals surface area contributed by atoms with Crippen LogP contribution in [0.2, 0.25) is 0 Å². The van der Waals surface area contributed by atoms with E-state index in [1.807, 2.05) is 0 Å². The number of aliphatic carboxylic acids is 1. The summed E-state index contributed by atoms with van der Waals surface area (Å²) in [5.74, 6) is -2.39. The summed E-state index contributed by atoms with van der Waals surface area (Å²) in [6, 6.07) is 4.13. The zero-order valence-corrected chi connectivity index (χ0v) is 13.4. The minimum Gasteiger partial charge on any atom is -0.481 e. The van der Waals surface area contributed by atoms with Crippen LogP contribution in [-0.2, 0) is 9.59 Å². The molecule has 0 fully saturated rings. The van der Waals surface area contributed by atoms with Gasteiger partial charge in [0.15, 0.2) is 0 Å². The van der Waals surface area contributed by atoms with Crippen LogP contribution < -0.4 is 10.1 Å². The predicted octanol–water partition coefficient (Wildman–Crippen LogP) is 2.56. The summed E-state index contributed by atoms with van der Waals surface area (Å²) < 4.78 is 39.9. The lowest BCUT2D eigenvalue weighted by molar-refractivity contribution is -0.274.